The van der Waals surface area contributed by atoms with E-state index in [-0.39, 0.29) is 11.4 Å². The lowest BCUT2D eigenvalue weighted by Crippen LogP contribution is -2.14. The summed E-state index contributed by atoms with van der Waals surface area (Å²) >= 11 is 5.95. The van der Waals surface area contributed by atoms with E-state index in [2.05, 4.69) is 15.4 Å². The topological polar surface area (TPSA) is 98.2 Å². The van der Waals surface area contributed by atoms with Crippen LogP contribution in [0.4, 0.5) is 11.5 Å². The Morgan fingerprint density at radius 3 is 2.36 bits per heavy atom. The highest BCUT2D eigenvalue weighted by atomic mass is 35.5. The van der Waals surface area contributed by atoms with Gasteiger partial charge in [0.05, 0.1) is 17.2 Å². The van der Waals surface area contributed by atoms with Gasteiger partial charge in [0.2, 0.25) is 0 Å². The first kappa shape index (κ1) is 20.7. The van der Waals surface area contributed by atoms with Gasteiger partial charge in [-0.25, -0.2) is 9.97 Å². The molecule has 0 aliphatic rings. The number of aromatic nitrogens is 3. The number of nitrogens with zero attached hydrogens (tertiary/aromatic N) is 4. The van der Waals surface area contributed by atoms with E-state index in [1.807, 2.05) is 55.5 Å². The van der Waals surface area contributed by atoms with Crippen LogP contribution in [0.3, 0.4) is 0 Å². The summed E-state index contributed by atoms with van der Waals surface area (Å²) in [6, 6.07) is 22.2. The molecule has 0 aliphatic carbocycles. The summed E-state index contributed by atoms with van der Waals surface area (Å²) in [4.78, 5) is 22.6. The number of fused-ring (bicyclic) bond motifs is 2. The largest absolute Gasteiger partial charge is 0.383 e. The average molecular weight is 455 g/mol. The number of carbonyl (C=O) groups excluding carboxylic acids is 1. The number of nitrogens with one attached hydrogen (secondary N) is 1. The number of nitrogen functional groups attached to an aromatic ring is 1. The first-order chi connectivity index (χ1) is 16.0. The number of para-hydroxylation sites is 2. The molecule has 0 spiro atoms. The molecule has 0 radical (unpaired) electrons. The third-order valence-electron chi connectivity index (χ3n) is 5.20. The van der Waals surface area contributed by atoms with E-state index in [0.29, 0.717) is 32.9 Å². The molecular weight excluding hydrogens is 436 g/mol. The fourth-order valence-electron chi connectivity index (χ4n) is 3.49. The van der Waals surface area contributed by atoms with E-state index >= 15 is 0 Å². The van der Waals surface area contributed by atoms with Crippen LogP contribution in [-0.4, -0.2) is 26.8 Å². The molecule has 5 rings (SSSR count). The highest BCUT2D eigenvalue weighted by Gasteiger charge is 2.24. The van der Waals surface area contributed by atoms with Gasteiger partial charge >= 0.3 is 0 Å². The van der Waals surface area contributed by atoms with Crippen LogP contribution in [0, 0.1) is 6.92 Å². The molecule has 0 saturated heterocycles. The van der Waals surface area contributed by atoms with E-state index in [0.717, 1.165) is 11.1 Å². The van der Waals surface area contributed by atoms with Crippen molar-refractivity contribution < 1.29 is 4.79 Å². The highest BCUT2D eigenvalue weighted by molar-refractivity contribution is 6.30. The zero-order valence-corrected chi connectivity index (χ0v) is 18.4. The molecule has 0 atom stereocenters. The maximum Gasteiger partial charge on any atom is 0.261 e. The van der Waals surface area contributed by atoms with Gasteiger partial charge in [0.1, 0.15) is 16.9 Å². The lowest BCUT2D eigenvalue weighted by molar-refractivity contribution is 0.102. The van der Waals surface area contributed by atoms with Crippen molar-refractivity contribution in [1.82, 2.24) is 14.6 Å². The Kier molecular flexibility index (Phi) is 5.24. The summed E-state index contributed by atoms with van der Waals surface area (Å²) in [5.74, 6) is -0.260. The predicted octanol–water partition coefficient (Wildman–Crippen LogP) is 5.26. The summed E-state index contributed by atoms with van der Waals surface area (Å²) in [5, 5.41) is 7.95. The van der Waals surface area contributed by atoms with Crippen LogP contribution in [0.1, 0.15) is 21.5 Å². The van der Waals surface area contributed by atoms with Crippen LogP contribution < -0.4 is 11.1 Å². The minimum absolute atomic E-state index is 0.148. The molecule has 0 aliphatic heterocycles. The van der Waals surface area contributed by atoms with E-state index in [1.54, 1.807) is 30.5 Å². The van der Waals surface area contributed by atoms with Gasteiger partial charge in [0.25, 0.3) is 5.91 Å². The number of nitrogens with two attached hydrogens (primary N) is 1. The van der Waals surface area contributed by atoms with Crippen LogP contribution in [0.2, 0.25) is 5.02 Å². The van der Waals surface area contributed by atoms with Crippen molar-refractivity contribution in [2.75, 3.05) is 11.1 Å². The number of hydrogen-bond donors (Lipinski definition) is 2. The molecule has 162 valence electrons. The van der Waals surface area contributed by atoms with Gasteiger partial charge in [-0.3, -0.25) is 4.79 Å². The second-order valence-corrected chi connectivity index (χ2v) is 8.01. The second-order valence-electron chi connectivity index (χ2n) is 7.57. The maximum atomic E-state index is 13.2. The standard InChI is InChI=1S/C25H19ClN6O/c1-15-6-8-16(9-7-15)14-28-32-23(27)21(25(33)29-18-12-10-17(26)11-13-18)22-24(32)31-20-5-3-2-4-19(20)30-22/h2-14H,27H2,1H3,(H,29,33)/b28-14-. The summed E-state index contributed by atoms with van der Waals surface area (Å²) in [5.41, 5.74) is 11.4. The smallest absolute Gasteiger partial charge is 0.261 e. The van der Waals surface area contributed by atoms with Gasteiger partial charge < -0.3 is 11.1 Å². The Labute approximate surface area is 194 Å². The molecule has 2 heterocycles. The van der Waals surface area contributed by atoms with Crippen LogP contribution >= 0.6 is 11.6 Å². The van der Waals surface area contributed by atoms with Gasteiger partial charge in [0.15, 0.2) is 5.65 Å². The Hall–Kier alpha value is -4.23. The molecule has 0 bridgehead atoms. The van der Waals surface area contributed by atoms with E-state index in [1.165, 1.54) is 4.68 Å². The number of rotatable bonds is 4. The van der Waals surface area contributed by atoms with Gasteiger partial charge in [0, 0.05) is 10.7 Å². The number of aryl methyl sites for hydroxylation is 1. The molecule has 8 heteroatoms. The number of amides is 1. The van der Waals surface area contributed by atoms with Crippen molar-refractivity contribution in [3.05, 3.63) is 94.5 Å². The number of halogens is 1. The zero-order chi connectivity index (χ0) is 22.9. The monoisotopic (exact) mass is 454 g/mol. The van der Waals surface area contributed by atoms with Gasteiger partial charge in [-0.1, -0.05) is 53.6 Å². The normalized spacial score (nSPS) is 11.5. The molecular formula is C25H19ClN6O. The van der Waals surface area contributed by atoms with E-state index < -0.39 is 5.91 Å². The summed E-state index contributed by atoms with van der Waals surface area (Å²) in [7, 11) is 0. The minimum Gasteiger partial charge on any atom is -0.383 e. The van der Waals surface area contributed by atoms with Crippen LogP contribution in [0.25, 0.3) is 22.2 Å². The van der Waals surface area contributed by atoms with Gasteiger partial charge in [-0.05, 0) is 48.9 Å². The van der Waals surface area contributed by atoms with Crippen molar-refractivity contribution in [3.8, 4) is 0 Å². The molecule has 3 N–H and O–H groups in total. The number of benzene rings is 3. The average Bonchev–Trinajstić information content (AvgIpc) is 3.09. The molecule has 1 amide bonds. The van der Waals surface area contributed by atoms with Gasteiger partial charge in [-0.2, -0.15) is 9.78 Å². The Morgan fingerprint density at radius 1 is 1.00 bits per heavy atom. The van der Waals surface area contributed by atoms with Crippen molar-refractivity contribution in [2.45, 2.75) is 6.92 Å². The third-order valence-corrected chi connectivity index (χ3v) is 5.45. The summed E-state index contributed by atoms with van der Waals surface area (Å²) in [6.07, 6.45) is 1.67. The van der Waals surface area contributed by atoms with E-state index in [4.69, 9.17) is 22.3 Å². The van der Waals surface area contributed by atoms with Crippen LogP contribution in [0.5, 0.6) is 0 Å². The predicted molar refractivity (Wildman–Crippen MR) is 133 cm³/mol. The molecule has 2 aromatic heterocycles. The SMILES string of the molecule is Cc1ccc(/C=N\n2c(N)c(C(=O)Nc3ccc(Cl)cc3)c3nc4ccccc4nc32)cc1. The molecule has 7 nitrogen and oxygen atoms in total. The van der Waals surface area contributed by atoms with Crippen LogP contribution in [-0.2, 0) is 0 Å². The number of hydrogen-bond acceptors (Lipinski definition) is 5. The van der Waals surface area contributed by atoms with Crippen molar-refractivity contribution in [2.24, 2.45) is 5.10 Å². The van der Waals surface area contributed by atoms with Crippen molar-refractivity contribution in [3.63, 3.8) is 0 Å². The second kappa shape index (κ2) is 8.37. The summed E-state index contributed by atoms with van der Waals surface area (Å²) < 4.78 is 1.45. The zero-order valence-electron chi connectivity index (χ0n) is 17.7. The highest BCUT2D eigenvalue weighted by Crippen LogP contribution is 2.29. The first-order valence-corrected chi connectivity index (χ1v) is 10.6. The molecule has 33 heavy (non-hydrogen) atoms. The van der Waals surface area contributed by atoms with Crippen LogP contribution in [0.15, 0.2) is 77.9 Å². The summed E-state index contributed by atoms with van der Waals surface area (Å²) in [6.45, 7) is 2.02. The van der Waals surface area contributed by atoms with E-state index in [9.17, 15) is 4.79 Å². The first-order valence-electron chi connectivity index (χ1n) is 10.2. The quantitative estimate of drug-likeness (QED) is 0.362. The Bertz CT molecular complexity index is 1520. The fourth-order valence-corrected chi connectivity index (χ4v) is 3.62. The molecule has 0 fully saturated rings. The molecule has 0 saturated carbocycles. The number of anilines is 2. The molecule has 0 unspecified atom stereocenters. The maximum absolute atomic E-state index is 13.2. The lowest BCUT2D eigenvalue weighted by Gasteiger charge is -2.05. The number of carbonyl (C=O) groups is 1. The third kappa shape index (κ3) is 4.02. The van der Waals surface area contributed by atoms with Crippen molar-refractivity contribution in [1.29, 1.82) is 0 Å². The molecule has 5 aromatic rings. The molecule has 3 aromatic carbocycles. The van der Waals surface area contributed by atoms with Crippen molar-refractivity contribution >= 4 is 57.4 Å². The fraction of sp³-hybridized carbons (Fsp3) is 0.0400. The lowest BCUT2D eigenvalue weighted by atomic mass is 10.2. The minimum atomic E-state index is -0.409. The Balaban J connectivity index is 1.65. The van der Waals surface area contributed by atoms with Gasteiger partial charge in [-0.15, -0.1) is 0 Å². The Morgan fingerprint density at radius 2 is 1.67 bits per heavy atom.